The molecule has 0 aromatic heterocycles. The third-order valence-corrected chi connectivity index (χ3v) is 0. The van der Waals surface area contributed by atoms with E-state index in [2.05, 4.69) is 0 Å². The van der Waals surface area contributed by atoms with Gasteiger partial charge in [0.25, 0.3) is 33.0 Å². The maximum Gasteiger partial charge on any atom is 2.00 e. The van der Waals surface area contributed by atoms with Crippen molar-refractivity contribution < 1.29 is 135 Å². The molecule has 0 rings (SSSR count). The van der Waals surface area contributed by atoms with Crippen LogP contribution in [-0.4, -0.2) is 0 Å². The molecule has 0 bridgehead atoms. The Bertz CT molecular complexity index is 173. The van der Waals surface area contributed by atoms with Crippen molar-refractivity contribution in [1.29, 1.82) is 0 Å². The first-order chi connectivity index (χ1) is 6.93. The summed E-state index contributed by atoms with van der Waals surface area (Å²) < 4.78 is 33.9. The van der Waals surface area contributed by atoms with E-state index in [1.807, 2.05) is 0 Å². The summed E-state index contributed by atoms with van der Waals surface area (Å²) in [6, 6.07) is 0. The minimum absolute atomic E-state index is 0. The third kappa shape index (κ3) is 1440. The van der Waals surface area contributed by atoms with Crippen LogP contribution in [0.1, 0.15) is 7.43 Å². The van der Waals surface area contributed by atoms with Crippen molar-refractivity contribution in [2.45, 2.75) is 7.43 Å². The molecule has 0 N–H and O–H groups in total. The van der Waals surface area contributed by atoms with Crippen LogP contribution in [0.2, 0.25) is 0 Å². The van der Waals surface area contributed by atoms with E-state index in [0.717, 1.165) is 0 Å². The average molecular weight is 593 g/mol. The molecule has 0 amide bonds. The van der Waals surface area contributed by atoms with Crippen LogP contribution in [0.25, 0.3) is 0 Å². The van der Waals surface area contributed by atoms with Crippen LogP contribution < -0.4 is 39.1 Å². The van der Waals surface area contributed by atoms with Crippen molar-refractivity contribution >= 4 is 33.0 Å². The molecule has 0 unspecified atom stereocenters. The topological polar surface area (TPSA) is 253 Å². The Hall–Kier alpha value is 2.57. The summed E-state index contributed by atoms with van der Waals surface area (Å²) in [6.45, 7) is 0. The minimum Gasteiger partial charge on any atom is -0.598 e. The van der Waals surface area contributed by atoms with E-state index >= 15 is 0 Å². The van der Waals surface area contributed by atoms with Gasteiger partial charge in [0.15, 0.2) is 0 Å². The standard InChI is InChI=1S/CH4.4HO3P.4Zn/c;4*1-4(2)3;;;;/h1H4;4*(H,1,2,3);;;;/q;;;;;4*+2/p-4. The number of hydrogen-bond donors (Lipinski definition) is 0. The van der Waals surface area contributed by atoms with E-state index in [1.54, 1.807) is 0 Å². The largest absolute Gasteiger partial charge is 2.00 e. The van der Waals surface area contributed by atoms with Crippen LogP contribution in [0.4, 0.5) is 0 Å². The first-order valence-electron chi connectivity index (χ1n) is 2.19. The SMILES string of the molecule is C.O=[P+]([O-])[O-].O=[P+]([O-])[O-].O=[P+]([O-])[O-].O=[P+]([O-])[O-].[Zn+2].[Zn+2].[Zn+2].[Zn+2]. The van der Waals surface area contributed by atoms with Gasteiger partial charge in [0.1, 0.15) is 0 Å². The van der Waals surface area contributed by atoms with Crippen molar-refractivity contribution in [1.82, 2.24) is 0 Å². The molecule has 21 heavy (non-hydrogen) atoms. The van der Waals surface area contributed by atoms with E-state index < -0.39 is 33.0 Å². The summed E-state index contributed by atoms with van der Waals surface area (Å²) >= 11 is 0. The quantitative estimate of drug-likeness (QED) is 0.188. The van der Waals surface area contributed by atoms with E-state index in [1.165, 1.54) is 0 Å². The fraction of sp³-hybridized carbons (Fsp3) is 1.00. The molecule has 0 saturated carbocycles. The van der Waals surface area contributed by atoms with E-state index in [-0.39, 0.29) is 85.3 Å². The van der Waals surface area contributed by atoms with Gasteiger partial charge in [-0.3, -0.25) is 0 Å². The van der Waals surface area contributed by atoms with Crippen molar-refractivity contribution in [3.63, 3.8) is 0 Å². The van der Waals surface area contributed by atoms with Crippen LogP contribution in [-0.2, 0) is 96.2 Å². The predicted molar refractivity (Wildman–Crippen MR) is 37.2 cm³/mol. The van der Waals surface area contributed by atoms with Gasteiger partial charge in [-0.15, -0.1) is 0 Å². The van der Waals surface area contributed by atoms with Crippen molar-refractivity contribution in [2.24, 2.45) is 0 Å². The molecule has 0 aliphatic rings. The number of hydrogen-bond acceptors (Lipinski definition) is 12. The number of rotatable bonds is 0. The van der Waals surface area contributed by atoms with Crippen molar-refractivity contribution in [3.8, 4) is 0 Å². The Morgan fingerprint density at radius 3 is 0.381 bits per heavy atom. The van der Waals surface area contributed by atoms with Gasteiger partial charge in [0.2, 0.25) is 0 Å². The average Bonchev–Trinajstić information content (AvgIpc) is 1.76. The van der Waals surface area contributed by atoms with Gasteiger partial charge in [0.05, 0.1) is 0 Å². The van der Waals surface area contributed by atoms with Gasteiger partial charge in [0, 0.05) is 0 Å². The molecule has 0 spiro atoms. The maximum absolute atomic E-state index is 8.48. The second-order valence-corrected chi connectivity index (χ2v) is 2.68. The zero-order valence-electron chi connectivity index (χ0n) is 9.52. The fourth-order valence-corrected chi connectivity index (χ4v) is 0. The van der Waals surface area contributed by atoms with Gasteiger partial charge in [-0.25, -0.2) is 0 Å². The van der Waals surface area contributed by atoms with Gasteiger partial charge in [-0.2, -0.15) is 0 Å². The molecule has 0 aromatic rings. The Morgan fingerprint density at radius 1 is 0.381 bits per heavy atom. The summed E-state index contributed by atoms with van der Waals surface area (Å²) in [7, 11) is -13.5. The molecule has 0 atom stereocenters. The second kappa shape index (κ2) is 49.5. The Labute approximate surface area is 174 Å². The summed E-state index contributed by atoms with van der Waals surface area (Å²) in [5, 5.41) is 0. The zero-order chi connectivity index (χ0) is 14.3. The van der Waals surface area contributed by atoms with Crippen molar-refractivity contribution in [3.05, 3.63) is 0 Å². The summed E-state index contributed by atoms with van der Waals surface area (Å²) in [4.78, 5) is 67.9. The van der Waals surface area contributed by atoms with Gasteiger partial charge in [-0.1, -0.05) is 25.7 Å². The fourth-order valence-electron chi connectivity index (χ4n) is 0. The molecular weight excluding hydrogens is 589 g/mol. The van der Waals surface area contributed by atoms with Crippen LogP contribution >= 0.6 is 33.0 Å². The summed E-state index contributed by atoms with van der Waals surface area (Å²) in [6.07, 6.45) is 0. The first-order valence-corrected chi connectivity index (χ1v) is 6.57. The van der Waals surface area contributed by atoms with Gasteiger partial charge >= 0.3 is 77.9 Å². The molecule has 0 radical (unpaired) electrons. The summed E-state index contributed by atoms with van der Waals surface area (Å²) in [5.74, 6) is 0. The van der Waals surface area contributed by atoms with E-state index in [0.29, 0.717) is 0 Å². The molecule has 12 nitrogen and oxygen atoms in total. The normalized spacial score (nSPS) is 4.95. The molecule has 0 saturated heterocycles. The Morgan fingerprint density at radius 2 is 0.381 bits per heavy atom. The van der Waals surface area contributed by atoms with Crippen LogP contribution in [0, 0.1) is 0 Å². The van der Waals surface area contributed by atoms with Gasteiger partial charge < -0.3 is 39.1 Å². The first kappa shape index (κ1) is 56.6. The molecular formula is CH4O12P4Zn4+4. The molecule has 20 heteroatoms. The molecule has 0 aromatic carbocycles. The predicted octanol–water partition coefficient (Wildman–Crippen LogP) is -5.92. The monoisotopic (exact) mass is 588 g/mol. The molecule has 0 aliphatic heterocycles. The Balaban J connectivity index is -0.0000000121. The van der Waals surface area contributed by atoms with Crippen LogP contribution in [0.5, 0.6) is 0 Å². The zero-order valence-corrected chi connectivity index (χ0v) is 25.0. The molecule has 104 valence electrons. The van der Waals surface area contributed by atoms with Crippen LogP contribution in [0.3, 0.4) is 0 Å². The van der Waals surface area contributed by atoms with Crippen molar-refractivity contribution in [2.75, 3.05) is 0 Å². The Kier molecular flexibility index (Phi) is 133. The van der Waals surface area contributed by atoms with Gasteiger partial charge in [-0.05, 0) is 0 Å². The maximum atomic E-state index is 8.48. The third-order valence-electron chi connectivity index (χ3n) is 0. The molecule has 0 fully saturated rings. The minimum atomic E-state index is -3.37. The van der Waals surface area contributed by atoms with Crippen LogP contribution in [0.15, 0.2) is 0 Å². The molecule has 0 aliphatic carbocycles. The smallest absolute Gasteiger partial charge is 0.598 e. The second-order valence-electron chi connectivity index (χ2n) is 0.894. The van der Waals surface area contributed by atoms with E-state index in [4.69, 9.17) is 57.4 Å². The van der Waals surface area contributed by atoms with E-state index in [9.17, 15) is 0 Å². The summed E-state index contributed by atoms with van der Waals surface area (Å²) in [5.41, 5.74) is 0. The molecule has 0 heterocycles.